The molecule has 0 atom stereocenters. The van der Waals surface area contributed by atoms with E-state index >= 15 is 0 Å². The van der Waals surface area contributed by atoms with Gasteiger partial charge in [-0.25, -0.2) is 0 Å². The second kappa shape index (κ2) is 13.9. The van der Waals surface area contributed by atoms with E-state index in [0.717, 1.165) is 12.2 Å². The van der Waals surface area contributed by atoms with Crippen molar-refractivity contribution in [1.82, 2.24) is 0 Å². The van der Waals surface area contributed by atoms with Crippen molar-refractivity contribution >= 4 is 11.9 Å². The summed E-state index contributed by atoms with van der Waals surface area (Å²) in [4.78, 5) is 18.8. The number of aliphatic carboxylic acids is 2. The van der Waals surface area contributed by atoms with E-state index in [9.17, 15) is 19.8 Å². The van der Waals surface area contributed by atoms with Gasteiger partial charge in [0.2, 0.25) is 0 Å². The van der Waals surface area contributed by atoms with Gasteiger partial charge in [0.15, 0.2) is 0 Å². The molecule has 0 unspecified atom stereocenters. The number of carboxylic acids is 2. The molecule has 0 saturated heterocycles. The molecule has 0 N–H and O–H groups in total. The van der Waals surface area contributed by atoms with E-state index in [-0.39, 0.29) is 27.3 Å². The van der Waals surface area contributed by atoms with Crippen LogP contribution in [0.5, 0.6) is 0 Å². The van der Waals surface area contributed by atoms with Gasteiger partial charge in [0.25, 0.3) is 0 Å². The van der Waals surface area contributed by atoms with Crippen LogP contribution in [-0.4, -0.2) is 11.9 Å². The molecule has 0 radical (unpaired) electrons. The molecule has 0 amide bonds. The maximum atomic E-state index is 9.40. The standard InChI is InChI=1S/2C4H6O2.Cd/c2*1-2-3-4(5)6;/h2*2-3H,1H3,(H,5,6);/q;;+2/p-2. The molecule has 68 valence electrons. The van der Waals surface area contributed by atoms with Crippen LogP contribution in [0.2, 0.25) is 0 Å². The van der Waals surface area contributed by atoms with Gasteiger partial charge in [-0.2, -0.15) is 0 Å². The molecular weight excluding hydrogens is 272 g/mol. The zero-order chi connectivity index (χ0) is 9.98. The molecule has 4 nitrogen and oxygen atoms in total. The van der Waals surface area contributed by atoms with Gasteiger partial charge in [0.1, 0.15) is 0 Å². The average Bonchev–Trinajstić information content (AvgIpc) is 1.87. The van der Waals surface area contributed by atoms with E-state index in [4.69, 9.17) is 0 Å². The number of carboxylic acid groups (broad SMARTS) is 2. The van der Waals surface area contributed by atoms with Gasteiger partial charge in [-0.3, -0.25) is 0 Å². The van der Waals surface area contributed by atoms with Crippen molar-refractivity contribution in [3.8, 4) is 0 Å². The summed E-state index contributed by atoms with van der Waals surface area (Å²) in [6, 6.07) is 0. The zero-order valence-electron chi connectivity index (χ0n) is 7.65. The number of hydrogen-bond acceptors (Lipinski definition) is 4. The van der Waals surface area contributed by atoms with Gasteiger partial charge in [-0.15, -0.1) is 0 Å². The molecule has 0 saturated carbocycles. The van der Waals surface area contributed by atoms with Crippen molar-refractivity contribution in [2.75, 3.05) is 0 Å². The van der Waals surface area contributed by atoms with Crippen LogP contribution in [0.3, 0.4) is 0 Å². The SMILES string of the molecule is CC=CC(=O)[O-].CC=CC(=O)[O-].[Cd+2]. The Hall–Kier alpha value is -0.658. The fourth-order valence-corrected chi connectivity index (χ4v) is 0.272. The van der Waals surface area contributed by atoms with Crippen LogP contribution >= 0.6 is 0 Å². The molecule has 0 fully saturated rings. The summed E-state index contributed by atoms with van der Waals surface area (Å²) in [5.41, 5.74) is 0. The van der Waals surface area contributed by atoms with Crippen molar-refractivity contribution in [2.45, 2.75) is 13.8 Å². The average molecular weight is 283 g/mol. The van der Waals surface area contributed by atoms with Gasteiger partial charge in [0.05, 0.1) is 11.9 Å². The molecular formula is C8H10CdO4. The third-order valence-electron chi connectivity index (χ3n) is 0.605. The van der Waals surface area contributed by atoms with Crippen LogP contribution < -0.4 is 10.2 Å². The number of hydrogen-bond donors (Lipinski definition) is 0. The Bertz CT molecular complexity index is 174. The molecule has 0 rings (SSSR count). The summed E-state index contributed by atoms with van der Waals surface area (Å²) in [5.74, 6) is -2.28. The smallest absolute Gasteiger partial charge is 0.545 e. The van der Waals surface area contributed by atoms with Crippen molar-refractivity contribution in [1.29, 1.82) is 0 Å². The predicted octanol–water partition coefficient (Wildman–Crippen LogP) is -1.38. The molecule has 13 heavy (non-hydrogen) atoms. The van der Waals surface area contributed by atoms with E-state index in [1.54, 1.807) is 13.8 Å². The van der Waals surface area contributed by atoms with Crippen LogP contribution in [0.1, 0.15) is 13.8 Å². The van der Waals surface area contributed by atoms with Crippen LogP contribution in [0.15, 0.2) is 24.3 Å². The minimum atomic E-state index is -1.14. The quantitative estimate of drug-likeness (QED) is 0.462. The molecule has 0 aromatic rings. The third kappa shape index (κ3) is 34.7. The molecule has 0 aromatic carbocycles. The summed E-state index contributed by atoms with van der Waals surface area (Å²) < 4.78 is 0. The molecule has 0 spiro atoms. The van der Waals surface area contributed by atoms with Gasteiger partial charge >= 0.3 is 27.3 Å². The second-order valence-electron chi connectivity index (χ2n) is 1.64. The zero-order valence-corrected chi connectivity index (χ0v) is 11.7. The van der Waals surface area contributed by atoms with Crippen LogP contribution in [-0.2, 0) is 36.9 Å². The summed E-state index contributed by atoms with van der Waals surface area (Å²) >= 11 is 0. The Kier molecular flexibility index (Phi) is 19.5. The van der Waals surface area contributed by atoms with E-state index in [0.29, 0.717) is 0 Å². The largest absolute Gasteiger partial charge is 2.00 e. The Labute approximate surface area is 97.1 Å². The van der Waals surface area contributed by atoms with Gasteiger partial charge in [0, 0.05) is 0 Å². The summed E-state index contributed by atoms with van der Waals surface area (Å²) in [6.07, 6.45) is 4.77. The first kappa shape index (κ1) is 18.2. The number of rotatable bonds is 2. The first-order chi connectivity index (χ1) is 5.54. The molecule has 0 heterocycles. The van der Waals surface area contributed by atoms with Gasteiger partial charge < -0.3 is 19.8 Å². The van der Waals surface area contributed by atoms with Crippen LogP contribution in [0, 0.1) is 0 Å². The molecule has 0 aromatic heterocycles. The van der Waals surface area contributed by atoms with Gasteiger partial charge in [-0.1, -0.05) is 12.2 Å². The summed E-state index contributed by atoms with van der Waals surface area (Å²) in [5, 5.41) is 18.8. The number of allylic oxidation sites excluding steroid dienone is 2. The Morgan fingerprint density at radius 1 is 0.923 bits per heavy atom. The van der Waals surface area contributed by atoms with E-state index in [1.165, 1.54) is 12.2 Å². The van der Waals surface area contributed by atoms with E-state index in [1.807, 2.05) is 0 Å². The fraction of sp³-hybridized carbons (Fsp3) is 0.250. The summed E-state index contributed by atoms with van der Waals surface area (Å²) in [6.45, 7) is 3.24. The second-order valence-corrected chi connectivity index (χ2v) is 1.64. The Morgan fingerprint density at radius 2 is 1.15 bits per heavy atom. The third-order valence-corrected chi connectivity index (χ3v) is 0.605. The molecule has 5 heteroatoms. The molecule has 0 aliphatic heterocycles. The van der Waals surface area contributed by atoms with Crippen molar-refractivity contribution in [3.63, 3.8) is 0 Å². The van der Waals surface area contributed by atoms with E-state index in [2.05, 4.69) is 0 Å². The first-order valence-corrected chi connectivity index (χ1v) is 3.22. The summed E-state index contributed by atoms with van der Waals surface area (Å²) in [7, 11) is 0. The predicted molar refractivity (Wildman–Crippen MR) is 39.6 cm³/mol. The van der Waals surface area contributed by atoms with Crippen molar-refractivity contribution in [3.05, 3.63) is 24.3 Å². The van der Waals surface area contributed by atoms with Crippen LogP contribution in [0.4, 0.5) is 0 Å². The van der Waals surface area contributed by atoms with Crippen LogP contribution in [0.25, 0.3) is 0 Å². The Morgan fingerprint density at radius 3 is 1.15 bits per heavy atom. The topological polar surface area (TPSA) is 80.3 Å². The Balaban J connectivity index is -0.000000143. The maximum absolute atomic E-state index is 9.40. The fourth-order valence-electron chi connectivity index (χ4n) is 0.272. The van der Waals surface area contributed by atoms with Gasteiger partial charge in [-0.05, 0) is 26.0 Å². The minimum Gasteiger partial charge on any atom is -0.545 e. The number of carbonyl (C=O) groups is 2. The minimum absolute atomic E-state index is 0. The normalized spacial score (nSPS) is 8.77. The molecule has 0 aliphatic carbocycles. The maximum Gasteiger partial charge on any atom is 2.00 e. The first-order valence-electron chi connectivity index (χ1n) is 3.22. The van der Waals surface area contributed by atoms with Crippen molar-refractivity contribution in [2.24, 2.45) is 0 Å². The molecule has 0 aliphatic rings. The molecule has 0 bridgehead atoms. The van der Waals surface area contributed by atoms with Crippen molar-refractivity contribution < 1.29 is 47.1 Å². The number of carbonyl (C=O) groups excluding carboxylic acids is 2. The monoisotopic (exact) mass is 284 g/mol. The van der Waals surface area contributed by atoms with E-state index < -0.39 is 11.9 Å².